The molecule has 0 aromatic heterocycles. The van der Waals surface area contributed by atoms with E-state index in [1.165, 1.54) is 7.11 Å². The fourth-order valence-electron chi connectivity index (χ4n) is 2.16. The highest BCUT2D eigenvalue weighted by Gasteiger charge is 2.34. The van der Waals surface area contributed by atoms with Gasteiger partial charge in [0.1, 0.15) is 0 Å². The van der Waals surface area contributed by atoms with Gasteiger partial charge in [0.2, 0.25) is 1.43 Å². The Kier molecular flexibility index (Phi) is 10.0. The van der Waals surface area contributed by atoms with Crippen LogP contribution in [-0.4, -0.2) is 55.8 Å². The van der Waals surface area contributed by atoms with Crippen LogP contribution in [0.5, 0.6) is 0 Å². The van der Waals surface area contributed by atoms with Crippen LogP contribution in [0.3, 0.4) is 0 Å². The highest BCUT2D eigenvalue weighted by molar-refractivity contribution is 7.44. The molecular weight excluding hydrogens is 303 g/mol. The minimum atomic E-state index is -1.24. The molecular formula is C15H31N2O4P. The first-order valence-corrected chi connectivity index (χ1v) is 8.71. The normalized spacial score (nSPS) is 23.8. The lowest BCUT2D eigenvalue weighted by Crippen LogP contribution is -2.35. The molecule has 0 aliphatic carbocycles. The average molecular weight is 337 g/mol. The van der Waals surface area contributed by atoms with Gasteiger partial charge < -0.3 is 18.9 Å². The number of aliphatic hydroxyl groups excluding tert-OH is 1. The summed E-state index contributed by atoms with van der Waals surface area (Å²) in [5.74, 6) is 0. The molecule has 0 aromatic rings. The maximum absolute atomic E-state index is 8.68. The molecule has 0 amide bonds. The van der Waals surface area contributed by atoms with Crippen LogP contribution in [0.15, 0.2) is 0 Å². The second-order valence-electron chi connectivity index (χ2n) is 5.39. The summed E-state index contributed by atoms with van der Waals surface area (Å²) in [6.07, 6.45) is 0.898. The largest absolute Gasteiger partial charge is 0.400 e. The predicted molar refractivity (Wildman–Crippen MR) is 88.3 cm³/mol. The van der Waals surface area contributed by atoms with Crippen molar-refractivity contribution in [2.24, 2.45) is 0 Å². The summed E-state index contributed by atoms with van der Waals surface area (Å²) >= 11 is 0. The quantitative estimate of drug-likeness (QED) is 0.542. The first-order chi connectivity index (χ1) is 11.4. The molecule has 1 N–H and O–H groups in total. The van der Waals surface area contributed by atoms with Gasteiger partial charge in [0.25, 0.3) is 8.53 Å². The second-order valence-corrected chi connectivity index (χ2v) is 6.80. The van der Waals surface area contributed by atoms with Crippen LogP contribution in [0.1, 0.15) is 48.8 Å². The third-order valence-corrected chi connectivity index (χ3v) is 5.19. The van der Waals surface area contributed by atoms with Crippen LogP contribution >= 0.6 is 8.53 Å². The zero-order valence-corrected chi connectivity index (χ0v) is 15.2. The lowest BCUT2D eigenvalue weighted by atomic mass is 10.2. The van der Waals surface area contributed by atoms with E-state index in [-0.39, 0.29) is 31.2 Å². The van der Waals surface area contributed by atoms with Crippen molar-refractivity contribution >= 4 is 8.53 Å². The van der Waals surface area contributed by atoms with Gasteiger partial charge in [0, 0.05) is 27.2 Å². The van der Waals surface area contributed by atoms with E-state index in [0.717, 1.165) is 6.42 Å². The van der Waals surface area contributed by atoms with E-state index in [2.05, 4.69) is 43.5 Å². The Hall–Kier alpha value is -0.280. The Balaban J connectivity index is 0.00000163. The summed E-state index contributed by atoms with van der Waals surface area (Å²) in [7, 11) is 0.0526. The summed E-state index contributed by atoms with van der Waals surface area (Å²) in [4.78, 5) is 0. The lowest BCUT2D eigenvalue weighted by molar-refractivity contribution is 0.0545. The molecule has 6 nitrogen and oxygen atoms in total. The first kappa shape index (κ1) is 18.1. The molecule has 1 aliphatic heterocycles. The van der Waals surface area contributed by atoms with Gasteiger partial charge in [-0.05, 0) is 41.0 Å². The molecule has 1 saturated heterocycles. The van der Waals surface area contributed by atoms with Crippen molar-refractivity contribution in [1.82, 2.24) is 4.67 Å². The molecule has 1 heterocycles. The van der Waals surface area contributed by atoms with E-state index in [0.29, 0.717) is 19.6 Å². The number of hydrogen-bond donors (Lipinski definition) is 1. The Morgan fingerprint density at radius 1 is 1.55 bits per heavy atom. The van der Waals surface area contributed by atoms with Gasteiger partial charge in [-0.15, -0.1) is 0 Å². The van der Waals surface area contributed by atoms with Crippen molar-refractivity contribution in [3.05, 3.63) is 0 Å². The number of aliphatic hydroxyl groups is 1. The molecule has 0 spiro atoms. The zero-order chi connectivity index (χ0) is 18.5. The van der Waals surface area contributed by atoms with Gasteiger partial charge in [0.15, 0.2) is 0 Å². The molecule has 1 unspecified atom stereocenters. The van der Waals surface area contributed by atoms with Crippen LogP contribution in [0.2, 0.25) is 0 Å². The number of nitrogens with zero attached hydrogens (tertiary/aromatic N) is 2. The van der Waals surface area contributed by atoms with Gasteiger partial charge in [-0.3, -0.25) is 0 Å². The third kappa shape index (κ3) is 7.32. The van der Waals surface area contributed by atoms with Gasteiger partial charge in [-0.2, -0.15) is 5.26 Å². The first-order valence-electron chi connectivity index (χ1n) is 8.69. The Morgan fingerprint density at radius 2 is 2.18 bits per heavy atom. The topological polar surface area (TPSA) is 75.0 Å². The molecule has 22 heavy (non-hydrogen) atoms. The Labute approximate surface area is 139 Å². The minimum absolute atomic E-state index is 0.0873. The molecule has 0 radical (unpaired) electrons. The Morgan fingerprint density at radius 3 is 2.68 bits per heavy atom. The van der Waals surface area contributed by atoms with Gasteiger partial charge in [-0.25, -0.2) is 4.67 Å². The highest BCUT2D eigenvalue weighted by atomic mass is 31.2. The summed E-state index contributed by atoms with van der Waals surface area (Å²) in [6, 6.07) is 2.66. The summed E-state index contributed by atoms with van der Waals surface area (Å²) < 4.78 is 33.0. The third-order valence-electron chi connectivity index (χ3n) is 3.04. The van der Waals surface area contributed by atoms with Crippen molar-refractivity contribution in [2.75, 3.05) is 20.3 Å². The van der Waals surface area contributed by atoms with E-state index < -0.39 is 8.53 Å². The zero-order valence-electron chi connectivity index (χ0n) is 16.3. The predicted octanol–water partition coefficient (Wildman–Crippen LogP) is 3.06. The van der Waals surface area contributed by atoms with E-state index in [1.807, 2.05) is 0 Å². The smallest absolute Gasteiger partial charge is 0.259 e. The van der Waals surface area contributed by atoms with E-state index in [1.54, 1.807) is 0 Å². The molecule has 1 fully saturated rings. The number of hydrogen-bond acceptors (Lipinski definition) is 6. The van der Waals surface area contributed by atoms with E-state index in [9.17, 15) is 0 Å². The maximum atomic E-state index is 8.68. The van der Waals surface area contributed by atoms with Crippen LogP contribution in [0, 0.1) is 11.3 Å². The highest BCUT2D eigenvalue weighted by Crippen LogP contribution is 2.48. The molecule has 130 valence electrons. The standard InChI is InChI=1S/C14H27N2O3P.CH4O/c1-11(2)16(12(3)4)20(18-9-6-8-15)19-14-7-10-17-13(14)5;1-2/h11-14H,6-7,9-10H2,1-5H3;2H,1H3/t13-,14+,20?;/m1./s1/i5D;2T. The minimum Gasteiger partial charge on any atom is -0.400 e. The SMILES string of the molecule is [2H]C[C@H]1OCC[C@@H]1OP(OCCC#N)N(C(C)C)C(C)C.[3H]OC. The van der Waals surface area contributed by atoms with Crippen LogP contribution in [-0.2, 0) is 13.8 Å². The van der Waals surface area contributed by atoms with Crippen LogP contribution in [0.4, 0.5) is 0 Å². The monoisotopic (exact) mass is 337 g/mol. The van der Waals surface area contributed by atoms with Crippen molar-refractivity contribution in [2.45, 2.75) is 71.7 Å². The number of ether oxygens (including phenoxy) is 1. The van der Waals surface area contributed by atoms with Gasteiger partial charge in [-0.1, -0.05) is 0 Å². The molecule has 3 atom stereocenters. The van der Waals surface area contributed by atoms with E-state index in [4.69, 9.17) is 21.8 Å². The molecule has 0 bridgehead atoms. The Bertz CT molecular complexity index is 351. The molecule has 0 aromatic carbocycles. The van der Waals surface area contributed by atoms with Crippen molar-refractivity contribution in [3.8, 4) is 6.07 Å². The van der Waals surface area contributed by atoms with Crippen molar-refractivity contribution in [1.29, 1.82) is 6.69 Å². The summed E-state index contributed by atoms with van der Waals surface area (Å²) in [5.41, 5.74) is 0. The fraction of sp³-hybridized carbons (Fsp3) is 0.933. The molecule has 0 saturated carbocycles. The van der Waals surface area contributed by atoms with Gasteiger partial charge >= 0.3 is 0 Å². The van der Waals surface area contributed by atoms with Gasteiger partial charge in [0.05, 0.1) is 31.3 Å². The second kappa shape index (κ2) is 12.2. The van der Waals surface area contributed by atoms with Crippen molar-refractivity contribution < 1.29 is 20.3 Å². The van der Waals surface area contributed by atoms with Crippen LogP contribution in [0.25, 0.3) is 0 Å². The number of rotatable bonds is 8. The number of nitriles is 1. The maximum Gasteiger partial charge on any atom is 0.259 e. The van der Waals surface area contributed by atoms with E-state index >= 15 is 0 Å². The van der Waals surface area contributed by atoms with Crippen molar-refractivity contribution in [3.63, 3.8) is 0 Å². The molecule has 1 aliphatic rings. The fourth-order valence-corrected chi connectivity index (χ4v) is 3.94. The molecule has 1 rings (SSSR count). The van der Waals surface area contributed by atoms with Crippen LogP contribution < -0.4 is 0 Å². The summed E-state index contributed by atoms with van der Waals surface area (Å²) in [5, 5.41) is 12.2. The summed E-state index contributed by atoms with van der Waals surface area (Å²) in [6.45, 7) is 9.66. The molecule has 7 heteroatoms. The lowest BCUT2D eigenvalue weighted by Gasteiger charge is -2.37. The average Bonchev–Trinajstić information content (AvgIpc) is 2.94.